The Hall–Kier alpha value is -1.31. The molecule has 0 aliphatic rings. The van der Waals surface area contributed by atoms with Crippen LogP contribution < -0.4 is 0 Å². The lowest BCUT2D eigenvalue weighted by Crippen LogP contribution is -2.04. The lowest BCUT2D eigenvalue weighted by molar-refractivity contribution is 0.0693. The van der Waals surface area contributed by atoms with Crippen LogP contribution in [0, 0.1) is 0 Å². The largest absolute Gasteiger partial charge is 0.506 e. The van der Waals surface area contributed by atoms with Crippen molar-refractivity contribution in [3.8, 4) is 5.75 Å². The van der Waals surface area contributed by atoms with Gasteiger partial charge in [0, 0.05) is 0 Å². The number of phenols is 1. The molecule has 1 aromatic rings. The molecule has 0 atom stereocenters. The Balaban J connectivity index is 3.66. The highest BCUT2D eigenvalue weighted by atomic mass is 35.5. The Morgan fingerprint density at radius 3 is 2.27 bits per heavy atom. The molecule has 0 heterocycles. The summed E-state index contributed by atoms with van der Waals surface area (Å²) in [6.07, 6.45) is 0. The standard InChI is InChI=1S/C7H5ClO6S/c8-4-2-1-3(7(10)11)5(9)6(4)15(12,13)14/h1-2,9H,(H,10,11)(H,12,13,14). The van der Waals surface area contributed by atoms with Crippen LogP contribution >= 0.6 is 11.6 Å². The molecular formula is C7H5ClO6S. The van der Waals surface area contributed by atoms with E-state index in [0.717, 1.165) is 12.1 Å². The van der Waals surface area contributed by atoms with Gasteiger partial charge in [-0.3, -0.25) is 4.55 Å². The summed E-state index contributed by atoms with van der Waals surface area (Å²) < 4.78 is 30.2. The first-order valence-electron chi connectivity index (χ1n) is 3.47. The minimum atomic E-state index is -4.77. The van der Waals surface area contributed by atoms with Crippen molar-refractivity contribution in [3.05, 3.63) is 22.7 Å². The molecule has 0 unspecified atom stereocenters. The zero-order chi connectivity index (χ0) is 11.8. The predicted molar refractivity (Wildman–Crippen MR) is 49.9 cm³/mol. The number of hydrogen-bond acceptors (Lipinski definition) is 4. The van der Waals surface area contributed by atoms with E-state index in [-0.39, 0.29) is 0 Å². The van der Waals surface area contributed by atoms with Gasteiger partial charge in [0.1, 0.15) is 5.56 Å². The zero-order valence-electron chi connectivity index (χ0n) is 7.01. The molecule has 0 amide bonds. The molecule has 3 N–H and O–H groups in total. The maximum atomic E-state index is 10.8. The SMILES string of the molecule is O=C(O)c1ccc(Cl)c(S(=O)(=O)O)c1O. The number of halogens is 1. The van der Waals surface area contributed by atoms with Crippen LogP contribution in [-0.2, 0) is 10.1 Å². The Kier molecular flexibility index (Phi) is 2.89. The lowest BCUT2D eigenvalue weighted by Gasteiger charge is -2.05. The van der Waals surface area contributed by atoms with Crippen molar-refractivity contribution >= 4 is 27.7 Å². The van der Waals surface area contributed by atoms with Crippen LogP contribution in [0.2, 0.25) is 5.02 Å². The van der Waals surface area contributed by atoms with Gasteiger partial charge < -0.3 is 10.2 Å². The highest BCUT2D eigenvalue weighted by Crippen LogP contribution is 2.33. The first kappa shape index (κ1) is 11.8. The van der Waals surface area contributed by atoms with Crippen LogP contribution in [0.1, 0.15) is 10.4 Å². The summed E-state index contributed by atoms with van der Waals surface area (Å²) in [7, 11) is -4.77. The fourth-order valence-corrected chi connectivity index (χ4v) is 2.08. The quantitative estimate of drug-likeness (QED) is 0.677. The van der Waals surface area contributed by atoms with Gasteiger partial charge in [-0.05, 0) is 12.1 Å². The summed E-state index contributed by atoms with van der Waals surface area (Å²) in [4.78, 5) is 9.52. The summed E-state index contributed by atoms with van der Waals surface area (Å²) in [6.45, 7) is 0. The Bertz CT molecular complexity index is 521. The monoisotopic (exact) mass is 252 g/mol. The molecule has 1 aromatic carbocycles. The van der Waals surface area contributed by atoms with Gasteiger partial charge in [-0.1, -0.05) is 11.6 Å². The van der Waals surface area contributed by atoms with Gasteiger partial charge in [0.25, 0.3) is 10.1 Å². The second-order valence-corrected chi connectivity index (χ2v) is 4.32. The smallest absolute Gasteiger partial charge is 0.339 e. The van der Waals surface area contributed by atoms with Crippen molar-refractivity contribution in [1.82, 2.24) is 0 Å². The lowest BCUT2D eigenvalue weighted by atomic mass is 10.2. The van der Waals surface area contributed by atoms with E-state index in [2.05, 4.69) is 0 Å². The van der Waals surface area contributed by atoms with Gasteiger partial charge in [0.05, 0.1) is 5.02 Å². The molecule has 0 aliphatic carbocycles. The van der Waals surface area contributed by atoms with Crippen molar-refractivity contribution in [3.63, 3.8) is 0 Å². The van der Waals surface area contributed by atoms with Gasteiger partial charge in [0.2, 0.25) is 0 Å². The summed E-state index contributed by atoms with van der Waals surface area (Å²) in [5.74, 6) is -2.62. The van der Waals surface area contributed by atoms with E-state index in [0.29, 0.717) is 0 Å². The van der Waals surface area contributed by atoms with Gasteiger partial charge in [-0.2, -0.15) is 8.42 Å². The molecule has 0 bridgehead atoms. The molecule has 0 saturated heterocycles. The Morgan fingerprint density at radius 2 is 1.87 bits per heavy atom. The summed E-state index contributed by atoms with van der Waals surface area (Å²) in [5.41, 5.74) is -0.660. The van der Waals surface area contributed by atoms with E-state index < -0.39 is 37.3 Å². The third-order valence-electron chi connectivity index (χ3n) is 1.57. The summed E-state index contributed by atoms with van der Waals surface area (Å²) in [5, 5.41) is 17.4. The topological polar surface area (TPSA) is 112 Å². The second kappa shape index (κ2) is 3.69. The average molecular weight is 253 g/mol. The molecule has 0 spiro atoms. The average Bonchev–Trinajstić information content (AvgIpc) is 2.00. The molecule has 0 aromatic heterocycles. The van der Waals surface area contributed by atoms with Gasteiger partial charge >= 0.3 is 5.97 Å². The Morgan fingerprint density at radius 1 is 1.33 bits per heavy atom. The van der Waals surface area contributed by atoms with Gasteiger partial charge in [-0.25, -0.2) is 4.79 Å². The summed E-state index contributed by atoms with van der Waals surface area (Å²) >= 11 is 5.40. The molecule has 0 aliphatic heterocycles. The van der Waals surface area contributed by atoms with Crippen molar-refractivity contribution in [2.24, 2.45) is 0 Å². The number of aromatic hydroxyl groups is 1. The third-order valence-corrected chi connectivity index (χ3v) is 2.93. The van der Waals surface area contributed by atoms with Gasteiger partial charge in [-0.15, -0.1) is 0 Å². The number of rotatable bonds is 2. The normalized spacial score (nSPS) is 11.3. The number of benzene rings is 1. The van der Waals surface area contributed by atoms with E-state index >= 15 is 0 Å². The molecule has 15 heavy (non-hydrogen) atoms. The predicted octanol–water partition coefficient (Wildman–Crippen LogP) is 0.990. The fourth-order valence-electron chi connectivity index (χ4n) is 0.965. The van der Waals surface area contributed by atoms with Gasteiger partial charge in [0.15, 0.2) is 10.6 Å². The molecule has 8 heteroatoms. The van der Waals surface area contributed by atoms with Crippen molar-refractivity contribution in [2.75, 3.05) is 0 Å². The fraction of sp³-hybridized carbons (Fsp3) is 0. The molecule has 0 radical (unpaired) electrons. The van der Waals surface area contributed by atoms with Crippen LogP contribution in [0.3, 0.4) is 0 Å². The third kappa shape index (κ3) is 2.20. The van der Waals surface area contributed by atoms with Crippen LogP contribution in [0.15, 0.2) is 17.0 Å². The van der Waals surface area contributed by atoms with Crippen molar-refractivity contribution in [2.45, 2.75) is 4.90 Å². The minimum Gasteiger partial charge on any atom is -0.506 e. The number of hydrogen-bond donors (Lipinski definition) is 3. The van der Waals surface area contributed by atoms with E-state index in [1.54, 1.807) is 0 Å². The second-order valence-electron chi connectivity index (χ2n) is 2.55. The highest BCUT2D eigenvalue weighted by molar-refractivity contribution is 7.86. The van der Waals surface area contributed by atoms with Crippen molar-refractivity contribution in [1.29, 1.82) is 0 Å². The van der Waals surface area contributed by atoms with E-state index in [4.69, 9.17) is 21.3 Å². The maximum Gasteiger partial charge on any atom is 0.339 e. The first-order chi connectivity index (χ1) is 6.75. The molecule has 0 fully saturated rings. The van der Waals surface area contributed by atoms with Crippen LogP contribution in [0.5, 0.6) is 5.75 Å². The molecule has 0 saturated carbocycles. The minimum absolute atomic E-state index is 0.458. The number of carboxylic acids is 1. The zero-order valence-corrected chi connectivity index (χ0v) is 8.58. The summed E-state index contributed by atoms with van der Waals surface area (Å²) in [6, 6.07) is 1.88. The maximum absolute atomic E-state index is 10.8. The first-order valence-corrected chi connectivity index (χ1v) is 5.29. The number of carboxylic acid groups (broad SMARTS) is 1. The van der Waals surface area contributed by atoms with E-state index in [1.807, 2.05) is 0 Å². The van der Waals surface area contributed by atoms with E-state index in [1.165, 1.54) is 0 Å². The Labute approximate surface area is 89.5 Å². The molecule has 1 rings (SSSR count). The van der Waals surface area contributed by atoms with Crippen LogP contribution in [0.25, 0.3) is 0 Å². The van der Waals surface area contributed by atoms with Crippen molar-refractivity contribution < 1.29 is 28.0 Å². The van der Waals surface area contributed by atoms with E-state index in [9.17, 15) is 18.3 Å². The molecular weight excluding hydrogens is 248 g/mol. The van der Waals surface area contributed by atoms with Crippen LogP contribution in [-0.4, -0.2) is 29.2 Å². The highest BCUT2D eigenvalue weighted by Gasteiger charge is 2.24. The number of carbonyl (C=O) groups is 1. The molecule has 6 nitrogen and oxygen atoms in total. The number of aromatic carboxylic acids is 1. The van der Waals surface area contributed by atoms with Crippen LogP contribution in [0.4, 0.5) is 0 Å². The molecule has 82 valence electrons.